The van der Waals surface area contributed by atoms with Gasteiger partial charge in [-0.15, -0.1) is 0 Å². The van der Waals surface area contributed by atoms with Crippen molar-refractivity contribution in [2.75, 3.05) is 39.3 Å². The number of hydrogen-bond donors (Lipinski definition) is 2. The molecule has 1 saturated heterocycles. The van der Waals surface area contributed by atoms with Crippen LogP contribution in [0.1, 0.15) is 35.2 Å². The monoisotopic (exact) mass is 317 g/mol. The first-order chi connectivity index (χ1) is 11.1. The normalized spacial score (nSPS) is 15.3. The number of carbonyl (C=O) groups excluding carboxylic acids is 2. The lowest BCUT2D eigenvalue weighted by Gasteiger charge is -2.27. The lowest BCUT2D eigenvalue weighted by atomic mass is 10.1. The fourth-order valence-corrected chi connectivity index (χ4v) is 2.66. The molecule has 5 nitrogen and oxygen atoms in total. The standard InChI is InChI=1S/C18H27N3O2/c1-15-3-5-16(6-4-15)17(22)7-8-18(23)20-9-2-12-21-13-10-19-11-14-21/h3-6,19H,2,7-14H2,1H3,(H,20,23). The third kappa shape index (κ3) is 6.50. The molecule has 5 heteroatoms. The molecule has 0 atom stereocenters. The maximum Gasteiger partial charge on any atom is 0.220 e. The van der Waals surface area contributed by atoms with Crippen LogP contribution >= 0.6 is 0 Å². The molecule has 1 aromatic rings. The van der Waals surface area contributed by atoms with Crippen molar-refractivity contribution >= 4 is 11.7 Å². The number of ketones is 1. The molecule has 1 aliphatic rings. The number of benzene rings is 1. The molecule has 1 heterocycles. The minimum absolute atomic E-state index is 0.0287. The molecule has 1 fully saturated rings. The van der Waals surface area contributed by atoms with Crippen LogP contribution in [0.5, 0.6) is 0 Å². The molecule has 1 aliphatic heterocycles. The quantitative estimate of drug-likeness (QED) is 0.561. The summed E-state index contributed by atoms with van der Waals surface area (Å²) in [6.07, 6.45) is 1.49. The molecule has 0 bridgehead atoms. The SMILES string of the molecule is Cc1ccc(C(=O)CCC(=O)NCCCN2CCNCC2)cc1. The second-order valence-electron chi connectivity index (χ2n) is 6.08. The Bertz CT molecular complexity index is 508. The van der Waals surface area contributed by atoms with Crippen molar-refractivity contribution in [2.45, 2.75) is 26.2 Å². The summed E-state index contributed by atoms with van der Waals surface area (Å²) in [5.41, 5.74) is 1.81. The Balaban J connectivity index is 1.57. The van der Waals surface area contributed by atoms with Gasteiger partial charge in [0.1, 0.15) is 0 Å². The number of piperazine rings is 1. The van der Waals surface area contributed by atoms with Crippen molar-refractivity contribution in [3.63, 3.8) is 0 Å². The van der Waals surface area contributed by atoms with E-state index in [0.717, 1.165) is 44.7 Å². The fourth-order valence-electron chi connectivity index (χ4n) is 2.66. The highest BCUT2D eigenvalue weighted by molar-refractivity contribution is 5.97. The maximum absolute atomic E-state index is 12.0. The van der Waals surface area contributed by atoms with E-state index in [1.165, 1.54) is 0 Å². The zero-order valence-electron chi connectivity index (χ0n) is 13.9. The minimum Gasteiger partial charge on any atom is -0.356 e. The minimum atomic E-state index is -0.0363. The van der Waals surface area contributed by atoms with Crippen LogP contribution in [0.4, 0.5) is 0 Å². The van der Waals surface area contributed by atoms with Gasteiger partial charge in [-0.2, -0.15) is 0 Å². The number of hydrogen-bond acceptors (Lipinski definition) is 4. The van der Waals surface area contributed by atoms with Gasteiger partial charge in [0.15, 0.2) is 5.78 Å². The van der Waals surface area contributed by atoms with E-state index in [9.17, 15) is 9.59 Å². The predicted molar refractivity (Wildman–Crippen MR) is 91.7 cm³/mol. The second kappa shape index (κ2) is 9.43. The Morgan fingerprint density at radius 3 is 2.52 bits per heavy atom. The fraction of sp³-hybridized carbons (Fsp3) is 0.556. The average molecular weight is 317 g/mol. The van der Waals surface area contributed by atoms with E-state index in [4.69, 9.17) is 0 Å². The summed E-state index contributed by atoms with van der Waals surface area (Å²) in [6.45, 7) is 7.95. The number of amides is 1. The van der Waals surface area contributed by atoms with E-state index in [-0.39, 0.29) is 24.5 Å². The third-order valence-corrected chi connectivity index (χ3v) is 4.14. The first kappa shape index (κ1) is 17.6. The molecule has 0 radical (unpaired) electrons. The van der Waals surface area contributed by atoms with E-state index in [1.807, 2.05) is 31.2 Å². The van der Waals surface area contributed by atoms with Crippen molar-refractivity contribution < 1.29 is 9.59 Å². The summed E-state index contributed by atoms with van der Waals surface area (Å²) < 4.78 is 0. The van der Waals surface area contributed by atoms with Gasteiger partial charge in [-0.05, 0) is 19.9 Å². The average Bonchev–Trinajstić information content (AvgIpc) is 2.58. The van der Waals surface area contributed by atoms with Gasteiger partial charge >= 0.3 is 0 Å². The number of rotatable bonds is 8. The van der Waals surface area contributed by atoms with Crippen LogP contribution < -0.4 is 10.6 Å². The summed E-state index contributed by atoms with van der Waals surface area (Å²) in [5.74, 6) is -0.00765. The van der Waals surface area contributed by atoms with Gasteiger partial charge in [-0.1, -0.05) is 29.8 Å². The van der Waals surface area contributed by atoms with E-state index >= 15 is 0 Å². The Morgan fingerprint density at radius 2 is 1.83 bits per heavy atom. The van der Waals surface area contributed by atoms with E-state index in [0.29, 0.717) is 12.1 Å². The Morgan fingerprint density at radius 1 is 1.13 bits per heavy atom. The van der Waals surface area contributed by atoms with Crippen LogP contribution in [0.3, 0.4) is 0 Å². The number of carbonyl (C=O) groups is 2. The van der Waals surface area contributed by atoms with Crippen LogP contribution in [-0.4, -0.2) is 55.9 Å². The first-order valence-corrected chi connectivity index (χ1v) is 8.45. The highest BCUT2D eigenvalue weighted by atomic mass is 16.2. The molecule has 1 amide bonds. The Labute approximate surface area is 138 Å². The molecule has 0 spiro atoms. The molecule has 0 unspecified atom stereocenters. The van der Waals surface area contributed by atoms with Gasteiger partial charge in [0.05, 0.1) is 0 Å². The molecule has 2 rings (SSSR count). The van der Waals surface area contributed by atoms with Crippen LogP contribution in [0.2, 0.25) is 0 Å². The van der Waals surface area contributed by atoms with Crippen molar-refractivity contribution in [1.29, 1.82) is 0 Å². The van der Waals surface area contributed by atoms with Crippen LogP contribution in [0, 0.1) is 6.92 Å². The van der Waals surface area contributed by atoms with E-state index < -0.39 is 0 Å². The summed E-state index contributed by atoms with van der Waals surface area (Å²) in [4.78, 5) is 26.2. The molecular weight excluding hydrogens is 290 g/mol. The van der Waals surface area contributed by atoms with Gasteiger partial charge < -0.3 is 15.5 Å². The van der Waals surface area contributed by atoms with Crippen LogP contribution in [0.15, 0.2) is 24.3 Å². The first-order valence-electron chi connectivity index (χ1n) is 8.45. The molecule has 0 aromatic heterocycles. The van der Waals surface area contributed by atoms with Gasteiger partial charge in [0, 0.05) is 51.1 Å². The van der Waals surface area contributed by atoms with Crippen molar-refractivity contribution in [1.82, 2.24) is 15.5 Å². The predicted octanol–water partition coefficient (Wildman–Crippen LogP) is 1.37. The van der Waals surface area contributed by atoms with Gasteiger partial charge in [-0.3, -0.25) is 9.59 Å². The number of aryl methyl sites for hydroxylation is 1. The van der Waals surface area contributed by atoms with Gasteiger partial charge in [0.2, 0.25) is 5.91 Å². The second-order valence-corrected chi connectivity index (χ2v) is 6.08. The Hall–Kier alpha value is -1.72. The number of Topliss-reactive ketones (excluding diaryl/α,β-unsaturated/α-hetero) is 1. The molecule has 0 saturated carbocycles. The zero-order chi connectivity index (χ0) is 16.5. The lowest BCUT2D eigenvalue weighted by molar-refractivity contribution is -0.121. The molecule has 126 valence electrons. The van der Waals surface area contributed by atoms with Crippen LogP contribution in [0.25, 0.3) is 0 Å². The largest absolute Gasteiger partial charge is 0.356 e. The van der Waals surface area contributed by atoms with Crippen molar-refractivity contribution in [3.8, 4) is 0 Å². The van der Waals surface area contributed by atoms with Crippen molar-refractivity contribution in [2.24, 2.45) is 0 Å². The summed E-state index contributed by atoms with van der Waals surface area (Å²) in [6, 6.07) is 7.49. The maximum atomic E-state index is 12.0. The summed E-state index contributed by atoms with van der Waals surface area (Å²) >= 11 is 0. The molecular formula is C18H27N3O2. The van der Waals surface area contributed by atoms with Gasteiger partial charge in [0.25, 0.3) is 0 Å². The van der Waals surface area contributed by atoms with Crippen molar-refractivity contribution in [3.05, 3.63) is 35.4 Å². The van der Waals surface area contributed by atoms with E-state index in [1.54, 1.807) is 0 Å². The molecule has 1 aromatic carbocycles. The lowest BCUT2D eigenvalue weighted by Crippen LogP contribution is -2.44. The highest BCUT2D eigenvalue weighted by Crippen LogP contribution is 2.07. The topological polar surface area (TPSA) is 61.4 Å². The highest BCUT2D eigenvalue weighted by Gasteiger charge is 2.10. The third-order valence-electron chi connectivity index (χ3n) is 4.14. The number of nitrogens with one attached hydrogen (secondary N) is 2. The zero-order valence-corrected chi connectivity index (χ0v) is 13.9. The molecule has 0 aliphatic carbocycles. The number of nitrogens with zero attached hydrogens (tertiary/aromatic N) is 1. The van der Waals surface area contributed by atoms with Gasteiger partial charge in [-0.25, -0.2) is 0 Å². The Kier molecular flexibility index (Phi) is 7.23. The summed E-state index contributed by atoms with van der Waals surface area (Å²) in [7, 11) is 0. The smallest absolute Gasteiger partial charge is 0.220 e. The molecule has 23 heavy (non-hydrogen) atoms. The molecule has 2 N–H and O–H groups in total. The summed E-state index contributed by atoms with van der Waals surface area (Å²) in [5, 5.41) is 6.23. The van der Waals surface area contributed by atoms with E-state index in [2.05, 4.69) is 15.5 Å². The van der Waals surface area contributed by atoms with Crippen LogP contribution in [-0.2, 0) is 4.79 Å².